The van der Waals surface area contributed by atoms with Crippen LogP contribution in [0, 0.1) is 5.82 Å². The molecule has 4 rings (SSSR count). The van der Waals surface area contributed by atoms with Crippen molar-refractivity contribution in [2.75, 3.05) is 26.3 Å². The number of morpholine rings is 1. The lowest BCUT2D eigenvalue weighted by atomic mass is 10.1. The summed E-state index contributed by atoms with van der Waals surface area (Å²) in [4.78, 5) is 24.8. The second kappa shape index (κ2) is 8.91. The SMILES string of the molecule is O=C(C=Cc1ccc(F)cc1C(F)(F)F)N1CCOC(COn2nnc3cccnc32)C1. The number of carbonyl (C=O) groups excluding carboxylic acids is 1. The number of hydrogen-bond donors (Lipinski definition) is 0. The van der Waals surface area contributed by atoms with E-state index in [4.69, 9.17) is 9.57 Å². The summed E-state index contributed by atoms with van der Waals surface area (Å²) in [6.07, 6.45) is -1.60. The molecule has 1 amide bonds. The van der Waals surface area contributed by atoms with Crippen molar-refractivity contribution in [3.63, 3.8) is 0 Å². The van der Waals surface area contributed by atoms with Gasteiger partial charge in [-0.15, -0.1) is 5.10 Å². The quantitative estimate of drug-likeness (QED) is 0.438. The van der Waals surface area contributed by atoms with E-state index in [0.717, 1.165) is 29.1 Å². The molecule has 1 aliphatic heterocycles. The number of fused-ring (bicyclic) bond motifs is 1. The minimum absolute atomic E-state index is 0.0543. The van der Waals surface area contributed by atoms with Crippen LogP contribution in [-0.2, 0) is 15.7 Å². The van der Waals surface area contributed by atoms with Gasteiger partial charge in [-0.3, -0.25) is 4.79 Å². The van der Waals surface area contributed by atoms with Gasteiger partial charge in [-0.2, -0.15) is 13.2 Å². The third-order valence-electron chi connectivity index (χ3n) is 4.74. The fourth-order valence-electron chi connectivity index (χ4n) is 3.19. The third-order valence-corrected chi connectivity index (χ3v) is 4.74. The number of ether oxygens (including phenoxy) is 1. The van der Waals surface area contributed by atoms with Crippen LogP contribution < -0.4 is 4.84 Å². The zero-order valence-corrected chi connectivity index (χ0v) is 16.5. The molecule has 1 atom stereocenters. The highest BCUT2D eigenvalue weighted by Crippen LogP contribution is 2.33. The van der Waals surface area contributed by atoms with Gasteiger partial charge in [-0.05, 0) is 41.1 Å². The summed E-state index contributed by atoms with van der Waals surface area (Å²) < 4.78 is 58.2. The first kappa shape index (κ1) is 21.7. The van der Waals surface area contributed by atoms with Gasteiger partial charge in [0, 0.05) is 18.8 Å². The summed E-state index contributed by atoms with van der Waals surface area (Å²) in [5, 5.41) is 7.76. The number of nitrogens with zero attached hydrogens (tertiary/aromatic N) is 5. The van der Waals surface area contributed by atoms with Gasteiger partial charge in [0.2, 0.25) is 11.6 Å². The van der Waals surface area contributed by atoms with Gasteiger partial charge in [-0.1, -0.05) is 10.9 Å². The van der Waals surface area contributed by atoms with Gasteiger partial charge in [0.25, 0.3) is 0 Å². The van der Waals surface area contributed by atoms with Crippen molar-refractivity contribution in [2.45, 2.75) is 12.3 Å². The summed E-state index contributed by atoms with van der Waals surface area (Å²) in [6, 6.07) is 5.73. The van der Waals surface area contributed by atoms with E-state index < -0.39 is 29.6 Å². The molecular formula is C20H17F4N5O3. The first-order chi connectivity index (χ1) is 15.3. The van der Waals surface area contributed by atoms with Crippen molar-refractivity contribution in [3.05, 3.63) is 59.5 Å². The molecule has 1 aliphatic rings. The number of carbonyl (C=O) groups is 1. The highest BCUT2D eigenvalue weighted by atomic mass is 19.4. The van der Waals surface area contributed by atoms with E-state index in [-0.39, 0.29) is 31.9 Å². The Morgan fingerprint density at radius 1 is 1.31 bits per heavy atom. The van der Waals surface area contributed by atoms with Crippen LogP contribution in [0.5, 0.6) is 0 Å². The predicted octanol–water partition coefficient (Wildman–Crippen LogP) is 2.35. The molecule has 0 aliphatic carbocycles. The van der Waals surface area contributed by atoms with Crippen LogP contribution >= 0.6 is 0 Å². The molecule has 0 spiro atoms. The Balaban J connectivity index is 1.39. The van der Waals surface area contributed by atoms with Crippen molar-refractivity contribution in [1.82, 2.24) is 25.0 Å². The van der Waals surface area contributed by atoms with Gasteiger partial charge in [0.1, 0.15) is 24.0 Å². The standard InChI is InChI=1S/C20H17F4N5O3/c21-14-5-3-13(16(10-14)20(22,23)24)4-6-18(30)28-8-9-31-15(11-28)12-32-29-19-17(26-27-29)2-1-7-25-19/h1-7,10,15H,8-9,11-12H2. The van der Waals surface area contributed by atoms with E-state index in [1.54, 1.807) is 18.3 Å². The largest absolute Gasteiger partial charge is 0.417 e. The van der Waals surface area contributed by atoms with Crippen molar-refractivity contribution < 1.29 is 31.9 Å². The Morgan fingerprint density at radius 2 is 2.16 bits per heavy atom. The summed E-state index contributed by atoms with van der Waals surface area (Å²) >= 11 is 0. The molecule has 3 aromatic rings. The highest BCUT2D eigenvalue weighted by molar-refractivity contribution is 5.92. The van der Waals surface area contributed by atoms with Crippen LogP contribution in [0.3, 0.4) is 0 Å². The minimum Gasteiger partial charge on any atom is -0.391 e. The molecule has 0 radical (unpaired) electrons. The number of hydrogen-bond acceptors (Lipinski definition) is 6. The third kappa shape index (κ3) is 4.85. The lowest BCUT2D eigenvalue weighted by molar-refractivity contribution is -0.138. The summed E-state index contributed by atoms with van der Waals surface area (Å²) in [6.45, 7) is 0.717. The van der Waals surface area contributed by atoms with Crippen molar-refractivity contribution in [3.8, 4) is 0 Å². The molecule has 0 bridgehead atoms. The molecule has 0 saturated carbocycles. The number of rotatable bonds is 5. The van der Waals surface area contributed by atoms with Crippen LogP contribution in [0.15, 0.2) is 42.6 Å². The molecule has 12 heteroatoms. The molecule has 1 saturated heterocycles. The van der Waals surface area contributed by atoms with Gasteiger partial charge in [-0.25, -0.2) is 9.37 Å². The predicted molar refractivity (Wildman–Crippen MR) is 104 cm³/mol. The number of amides is 1. The average Bonchev–Trinajstić information content (AvgIpc) is 3.19. The first-order valence-electron chi connectivity index (χ1n) is 9.56. The second-order valence-corrected chi connectivity index (χ2v) is 6.94. The van der Waals surface area contributed by atoms with Crippen molar-refractivity contribution in [1.29, 1.82) is 0 Å². The summed E-state index contributed by atoms with van der Waals surface area (Å²) in [5.74, 6) is -1.50. The van der Waals surface area contributed by atoms with E-state index >= 15 is 0 Å². The maximum absolute atomic E-state index is 13.2. The van der Waals surface area contributed by atoms with E-state index in [0.29, 0.717) is 17.2 Å². The summed E-state index contributed by atoms with van der Waals surface area (Å²) in [7, 11) is 0. The monoisotopic (exact) mass is 451 g/mol. The summed E-state index contributed by atoms with van der Waals surface area (Å²) in [5.41, 5.74) is -0.466. The lowest BCUT2D eigenvalue weighted by Crippen LogP contribution is -2.47. The van der Waals surface area contributed by atoms with Crippen LogP contribution in [0.1, 0.15) is 11.1 Å². The molecule has 3 heterocycles. The van der Waals surface area contributed by atoms with E-state index in [9.17, 15) is 22.4 Å². The number of benzene rings is 1. The van der Waals surface area contributed by atoms with E-state index in [2.05, 4.69) is 15.3 Å². The zero-order chi connectivity index (χ0) is 22.7. The molecular weight excluding hydrogens is 434 g/mol. The smallest absolute Gasteiger partial charge is 0.391 e. The van der Waals surface area contributed by atoms with Crippen LogP contribution in [0.2, 0.25) is 0 Å². The molecule has 1 fully saturated rings. The van der Waals surface area contributed by atoms with Gasteiger partial charge in [0.15, 0.2) is 0 Å². The Labute approximate surface area is 179 Å². The molecule has 1 aromatic carbocycles. The van der Waals surface area contributed by atoms with Gasteiger partial charge >= 0.3 is 6.18 Å². The Hall–Kier alpha value is -3.54. The van der Waals surface area contributed by atoms with Crippen LogP contribution in [-0.4, -0.2) is 63.4 Å². The maximum Gasteiger partial charge on any atom is 0.417 e. The van der Waals surface area contributed by atoms with Crippen LogP contribution in [0.25, 0.3) is 17.2 Å². The first-order valence-corrected chi connectivity index (χ1v) is 9.56. The van der Waals surface area contributed by atoms with Crippen LogP contribution in [0.4, 0.5) is 17.6 Å². The number of alkyl halides is 3. The lowest BCUT2D eigenvalue weighted by Gasteiger charge is -2.31. The van der Waals surface area contributed by atoms with Crippen molar-refractivity contribution >= 4 is 23.1 Å². The highest BCUT2D eigenvalue weighted by Gasteiger charge is 2.33. The normalized spacial score (nSPS) is 17.2. The Morgan fingerprint density at radius 3 is 2.97 bits per heavy atom. The van der Waals surface area contributed by atoms with E-state index in [1.807, 2.05) is 0 Å². The Bertz CT molecular complexity index is 1150. The van der Waals surface area contributed by atoms with Gasteiger partial charge in [0.05, 0.1) is 18.7 Å². The molecule has 168 valence electrons. The molecule has 1 unspecified atom stereocenters. The Kier molecular flexibility index (Phi) is 6.04. The molecule has 0 N–H and O–H groups in total. The number of halogens is 4. The fraction of sp³-hybridized carbons (Fsp3) is 0.300. The molecule has 8 nitrogen and oxygen atoms in total. The maximum atomic E-state index is 13.2. The van der Waals surface area contributed by atoms with Crippen molar-refractivity contribution in [2.24, 2.45) is 0 Å². The molecule has 32 heavy (non-hydrogen) atoms. The number of aromatic nitrogens is 4. The van der Waals surface area contributed by atoms with E-state index in [1.165, 1.54) is 4.90 Å². The fourth-order valence-corrected chi connectivity index (χ4v) is 3.19. The zero-order valence-electron chi connectivity index (χ0n) is 16.5. The number of pyridine rings is 1. The molecule has 2 aromatic heterocycles. The second-order valence-electron chi connectivity index (χ2n) is 6.94. The van der Waals surface area contributed by atoms with Gasteiger partial charge < -0.3 is 14.5 Å². The average molecular weight is 451 g/mol. The topological polar surface area (TPSA) is 82.4 Å². The minimum atomic E-state index is -4.74.